The Morgan fingerprint density at radius 3 is 2.56 bits per heavy atom. The van der Waals surface area contributed by atoms with Gasteiger partial charge in [0.15, 0.2) is 5.82 Å². The minimum atomic E-state index is -0.705. The molecule has 2 rings (SSSR count). The molecule has 0 spiro atoms. The van der Waals surface area contributed by atoms with Crippen LogP contribution in [0.15, 0.2) is 6.07 Å². The minimum Gasteiger partial charge on any atom is -0.496 e. The van der Waals surface area contributed by atoms with Gasteiger partial charge in [-0.2, -0.15) is 0 Å². The molecule has 1 aromatic carbocycles. The summed E-state index contributed by atoms with van der Waals surface area (Å²) >= 11 is 17.1. The molecule has 0 radical (unpaired) electrons. The lowest BCUT2D eigenvalue weighted by Gasteiger charge is -2.08. The van der Waals surface area contributed by atoms with Crippen molar-refractivity contribution in [1.82, 2.24) is 9.97 Å². The number of hydrogen-bond acceptors (Lipinski definition) is 3. The quantitative estimate of drug-likeness (QED) is 0.590. The van der Waals surface area contributed by atoms with E-state index in [0.717, 1.165) is 0 Å². The number of aromatic nitrogens is 2. The fraction of sp³-hybridized carbons (Fsp3) is 0.111. The maximum absolute atomic E-state index is 13.7. The molecule has 7 heteroatoms. The third-order valence-corrected chi connectivity index (χ3v) is 2.70. The van der Waals surface area contributed by atoms with E-state index in [-0.39, 0.29) is 26.4 Å². The minimum absolute atomic E-state index is 0.0161. The molecular formula is C9H4Cl3FN2O. The van der Waals surface area contributed by atoms with Crippen LogP contribution in [0.2, 0.25) is 15.5 Å². The molecule has 0 saturated heterocycles. The predicted molar refractivity (Wildman–Crippen MR) is 61.1 cm³/mol. The highest BCUT2D eigenvalue weighted by Gasteiger charge is 2.17. The second-order valence-corrected chi connectivity index (χ2v) is 3.98. The van der Waals surface area contributed by atoms with Crippen molar-refractivity contribution < 1.29 is 9.13 Å². The maximum Gasteiger partial charge on any atom is 0.224 e. The summed E-state index contributed by atoms with van der Waals surface area (Å²) in [6, 6.07) is 1.31. The molecule has 0 saturated carbocycles. The van der Waals surface area contributed by atoms with Crippen molar-refractivity contribution in [2.24, 2.45) is 0 Å². The molecule has 0 aliphatic carbocycles. The Morgan fingerprint density at radius 1 is 1.25 bits per heavy atom. The number of hydrogen-bond donors (Lipinski definition) is 0. The van der Waals surface area contributed by atoms with Crippen LogP contribution in [0.25, 0.3) is 10.9 Å². The van der Waals surface area contributed by atoms with E-state index in [0.29, 0.717) is 5.75 Å². The van der Waals surface area contributed by atoms with Gasteiger partial charge in [0.25, 0.3) is 0 Å². The Labute approximate surface area is 105 Å². The van der Waals surface area contributed by atoms with Gasteiger partial charge in [0.05, 0.1) is 17.5 Å². The lowest BCUT2D eigenvalue weighted by atomic mass is 10.2. The smallest absolute Gasteiger partial charge is 0.224 e. The van der Waals surface area contributed by atoms with Gasteiger partial charge in [0, 0.05) is 6.07 Å². The molecule has 1 heterocycles. The lowest BCUT2D eigenvalue weighted by molar-refractivity contribution is 0.419. The van der Waals surface area contributed by atoms with Crippen molar-refractivity contribution >= 4 is 45.7 Å². The van der Waals surface area contributed by atoms with Crippen LogP contribution in [0.1, 0.15) is 0 Å². The van der Waals surface area contributed by atoms with E-state index in [1.165, 1.54) is 13.2 Å². The van der Waals surface area contributed by atoms with Gasteiger partial charge < -0.3 is 4.74 Å². The molecule has 3 nitrogen and oxygen atoms in total. The number of ether oxygens (including phenoxy) is 1. The molecule has 0 amide bonds. The van der Waals surface area contributed by atoms with Crippen LogP contribution < -0.4 is 4.74 Å². The Kier molecular flexibility index (Phi) is 3.06. The van der Waals surface area contributed by atoms with E-state index < -0.39 is 5.82 Å². The zero-order valence-electron chi connectivity index (χ0n) is 7.89. The summed E-state index contributed by atoms with van der Waals surface area (Å²) < 4.78 is 18.7. The first kappa shape index (κ1) is 11.6. The predicted octanol–water partition coefficient (Wildman–Crippen LogP) is 3.74. The SMILES string of the molecule is COc1cc(Cl)c(F)c2nc(Cl)nc(Cl)c12. The van der Waals surface area contributed by atoms with E-state index in [1.807, 2.05) is 0 Å². The largest absolute Gasteiger partial charge is 0.496 e. The van der Waals surface area contributed by atoms with Gasteiger partial charge in [-0.1, -0.05) is 23.2 Å². The van der Waals surface area contributed by atoms with Gasteiger partial charge in [0.1, 0.15) is 16.4 Å². The molecule has 0 unspecified atom stereocenters. The summed E-state index contributed by atoms with van der Waals surface area (Å²) in [5.74, 6) is -0.410. The highest BCUT2D eigenvalue weighted by Crippen LogP contribution is 2.36. The van der Waals surface area contributed by atoms with Crippen molar-refractivity contribution in [3.05, 3.63) is 27.3 Å². The number of methoxy groups -OCH3 is 1. The Bertz CT molecular complexity index is 576. The molecule has 0 N–H and O–H groups in total. The topological polar surface area (TPSA) is 35.0 Å². The molecule has 0 atom stereocenters. The van der Waals surface area contributed by atoms with Gasteiger partial charge >= 0.3 is 0 Å². The number of benzene rings is 1. The third-order valence-electron chi connectivity index (χ3n) is 1.98. The van der Waals surface area contributed by atoms with Crippen LogP contribution in [0.4, 0.5) is 4.39 Å². The lowest BCUT2D eigenvalue weighted by Crippen LogP contribution is -1.95. The first-order valence-electron chi connectivity index (χ1n) is 4.09. The Morgan fingerprint density at radius 2 is 1.94 bits per heavy atom. The van der Waals surface area contributed by atoms with E-state index in [4.69, 9.17) is 39.5 Å². The number of rotatable bonds is 1. The van der Waals surface area contributed by atoms with Crippen molar-refractivity contribution in [3.8, 4) is 5.75 Å². The van der Waals surface area contributed by atoms with E-state index in [2.05, 4.69) is 9.97 Å². The van der Waals surface area contributed by atoms with Crippen molar-refractivity contribution in [2.45, 2.75) is 0 Å². The number of fused-ring (bicyclic) bond motifs is 1. The molecule has 2 aromatic rings. The van der Waals surface area contributed by atoms with Gasteiger partial charge in [0.2, 0.25) is 5.28 Å². The Hall–Kier alpha value is -0.840. The van der Waals surface area contributed by atoms with Gasteiger partial charge in [-0.3, -0.25) is 0 Å². The maximum atomic E-state index is 13.7. The summed E-state index contributed by atoms with van der Waals surface area (Å²) in [6.45, 7) is 0. The molecule has 0 bridgehead atoms. The molecule has 84 valence electrons. The van der Waals surface area contributed by atoms with Crippen LogP contribution >= 0.6 is 34.8 Å². The van der Waals surface area contributed by atoms with Crippen molar-refractivity contribution in [1.29, 1.82) is 0 Å². The molecule has 16 heavy (non-hydrogen) atoms. The van der Waals surface area contributed by atoms with E-state index >= 15 is 0 Å². The van der Waals surface area contributed by atoms with Gasteiger partial charge in [-0.15, -0.1) is 0 Å². The summed E-state index contributed by atoms with van der Waals surface area (Å²) in [5.41, 5.74) is -0.0608. The molecule has 0 aliphatic rings. The van der Waals surface area contributed by atoms with Gasteiger partial charge in [-0.25, -0.2) is 14.4 Å². The first-order valence-corrected chi connectivity index (χ1v) is 5.22. The molecular weight excluding hydrogens is 277 g/mol. The zero-order valence-corrected chi connectivity index (χ0v) is 10.2. The fourth-order valence-corrected chi connectivity index (χ4v) is 1.97. The Balaban J connectivity index is 2.98. The zero-order chi connectivity index (χ0) is 11.9. The molecule has 1 aromatic heterocycles. The summed E-state index contributed by atoms with van der Waals surface area (Å²) in [7, 11) is 1.41. The molecule has 0 aliphatic heterocycles. The van der Waals surface area contributed by atoms with Crippen LogP contribution in [0.3, 0.4) is 0 Å². The van der Waals surface area contributed by atoms with Gasteiger partial charge in [-0.05, 0) is 11.6 Å². The second kappa shape index (κ2) is 4.20. The monoisotopic (exact) mass is 280 g/mol. The van der Waals surface area contributed by atoms with E-state index in [9.17, 15) is 4.39 Å². The van der Waals surface area contributed by atoms with Crippen molar-refractivity contribution in [2.75, 3.05) is 7.11 Å². The average molecular weight is 282 g/mol. The number of nitrogens with zero attached hydrogens (tertiary/aromatic N) is 2. The first-order chi connectivity index (χ1) is 7.54. The summed E-state index contributed by atoms with van der Waals surface area (Å²) in [6.07, 6.45) is 0. The molecule has 0 fully saturated rings. The normalized spacial score (nSPS) is 10.8. The average Bonchev–Trinajstić information content (AvgIpc) is 2.23. The van der Waals surface area contributed by atoms with E-state index in [1.54, 1.807) is 0 Å². The second-order valence-electron chi connectivity index (χ2n) is 2.88. The number of halogens is 4. The van der Waals surface area contributed by atoms with Crippen LogP contribution in [-0.2, 0) is 0 Å². The van der Waals surface area contributed by atoms with Crippen LogP contribution in [0.5, 0.6) is 5.75 Å². The fourth-order valence-electron chi connectivity index (χ4n) is 1.31. The summed E-state index contributed by atoms with van der Waals surface area (Å²) in [4.78, 5) is 7.45. The standard InChI is InChI=1S/C9H4Cl3FN2O/c1-16-4-2-3(10)6(13)7-5(4)8(11)15-9(12)14-7/h2H,1H3. The highest BCUT2D eigenvalue weighted by molar-refractivity contribution is 6.37. The van der Waals surface area contributed by atoms with Crippen LogP contribution in [-0.4, -0.2) is 17.1 Å². The highest BCUT2D eigenvalue weighted by atomic mass is 35.5. The third kappa shape index (κ3) is 1.77. The summed E-state index contributed by atoms with van der Waals surface area (Å²) in [5, 5.41) is -0.00575. The van der Waals surface area contributed by atoms with Crippen LogP contribution in [0, 0.1) is 5.82 Å². The van der Waals surface area contributed by atoms with Crippen molar-refractivity contribution in [3.63, 3.8) is 0 Å².